The fourth-order valence-corrected chi connectivity index (χ4v) is 2.97. The van der Waals surface area contributed by atoms with Crippen LogP contribution in [-0.2, 0) is 6.54 Å². The summed E-state index contributed by atoms with van der Waals surface area (Å²) in [6.45, 7) is 0.794. The molecule has 0 aliphatic heterocycles. The summed E-state index contributed by atoms with van der Waals surface area (Å²) < 4.78 is 0. The normalized spacial score (nSPS) is 22.1. The summed E-state index contributed by atoms with van der Waals surface area (Å²) in [4.78, 5) is 4.39. The van der Waals surface area contributed by atoms with Crippen molar-refractivity contribution >= 4 is 0 Å². The Morgan fingerprint density at radius 1 is 1.10 bits per heavy atom. The van der Waals surface area contributed by atoms with Gasteiger partial charge in [-0.25, -0.2) is 0 Å². The van der Waals surface area contributed by atoms with Crippen LogP contribution in [0.3, 0.4) is 0 Å². The molecule has 2 aromatic rings. The predicted molar refractivity (Wildman–Crippen MR) is 84.8 cm³/mol. The van der Waals surface area contributed by atoms with E-state index in [2.05, 4.69) is 34.6 Å². The van der Waals surface area contributed by atoms with Crippen LogP contribution in [0.1, 0.15) is 31.2 Å². The fourth-order valence-electron chi connectivity index (χ4n) is 2.97. The molecule has 2 atom stereocenters. The van der Waals surface area contributed by atoms with Crippen LogP contribution in [0.25, 0.3) is 11.3 Å². The Morgan fingerprint density at radius 2 is 2.00 bits per heavy atom. The van der Waals surface area contributed by atoms with Gasteiger partial charge in [0.05, 0.1) is 11.8 Å². The maximum absolute atomic E-state index is 10.0. The molecule has 21 heavy (non-hydrogen) atoms. The number of hydrogen-bond acceptors (Lipinski definition) is 3. The van der Waals surface area contributed by atoms with Crippen molar-refractivity contribution in [3.05, 3.63) is 54.2 Å². The van der Waals surface area contributed by atoms with E-state index in [-0.39, 0.29) is 12.1 Å². The quantitative estimate of drug-likeness (QED) is 0.905. The molecule has 3 rings (SSSR count). The van der Waals surface area contributed by atoms with Gasteiger partial charge >= 0.3 is 0 Å². The highest BCUT2D eigenvalue weighted by molar-refractivity contribution is 5.59. The van der Waals surface area contributed by atoms with E-state index in [9.17, 15) is 5.11 Å². The Kier molecular flexibility index (Phi) is 4.63. The molecule has 1 heterocycles. The molecule has 0 radical (unpaired) electrons. The molecule has 3 nitrogen and oxygen atoms in total. The van der Waals surface area contributed by atoms with Gasteiger partial charge in [-0.15, -0.1) is 0 Å². The molecule has 1 fully saturated rings. The van der Waals surface area contributed by atoms with Crippen LogP contribution >= 0.6 is 0 Å². The van der Waals surface area contributed by atoms with Gasteiger partial charge in [-0.05, 0) is 36.6 Å². The third-order valence-electron chi connectivity index (χ3n) is 4.19. The molecule has 110 valence electrons. The average Bonchev–Trinajstić information content (AvgIpc) is 2.55. The van der Waals surface area contributed by atoms with Gasteiger partial charge in [0, 0.05) is 24.3 Å². The molecule has 1 aliphatic rings. The molecule has 3 heteroatoms. The minimum absolute atomic E-state index is 0.197. The lowest BCUT2D eigenvalue weighted by molar-refractivity contribution is 0.0902. The van der Waals surface area contributed by atoms with Crippen molar-refractivity contribution in [2.45, 2.75) is 44.4 Å². The van der Waals surface area contributed by atoms with Gasteiger partial charge in [0.25, 0.3) is 0 Å². The SMILES string of the molecule is OC1CCCCC1NCc1cccc(-c2ccccn2)c1. The molecular formula is C18H22N2O. The minimum atomic E-state index is -0.197. The number of nitrogens with zero attached hydrogens (tertiary/aromatic N) is 1. The molecule has 2 unspecified atom stereocenters. The zero-order chi connectivity index (χ0) is 14.5. The van der Waals surface area contributed by atoms with Crippen molar-refractivity contribution in [1.29, 1.82) is 0 Å². The van der Waals surface area contributed by atoms with Crippen molar-refractivity contribution in [3.63, 3.8) is 0 Å². The second-order valence-electron chi connectivity index (χ2n) is 5.75. The van der Waals surface area contributed by atoms with Gasteiger partial charge in [-0.2, -0.15) is 0 Å². The van der Waals surface area contributed by atoms with E-state index in [1.54, 1.807) is 0 Å². The van der Waals surface area contributed by atoms with Gasteiger partial charge in [0.1, 0.15) is 0 Å². The second-order valence-corrected chi connectivity index (χ2v) is 5.75. The minimum Gasteiger partial charge on any atom is -0.392 e. The third-order valence-corrected chi connectivity index (χ3v) is 4.19. The first-order valence-corrected chi connectivity index (χ1v) is 7.75. The van der Waals surface area contributed by atoms with Crippen LogP contribution in [0, 0.1) is 0 Å². The maximum Gasteiger partial charge on any atom is 0.0702 e. The number of aliphatic hydroxyl groups is 1. The van der Waals surface area contributed by atoms with Gasteiger partial charge in [-0.1, -0.05) is 37.1 Å². The Labute approximate surface area is 126 Å². The summed E-state index contributed by atoms with van der Waals surface area (Å²) in [7, 11) is 0. The molecule has 2 N–H and O–H groups in total. The van der Waals surface area contributed by atoms with E-state index in [0.29, 0.717) is 0 Å². The molecule has 0 saturated heterocycles. The molecule has 1 aliphatic carbocycles. The lowest BCUT2D eigenvalue weighted by Crippen LogP contribution is -2.41. The number of pyridine rings is 1. The Morgan fingerprint density at radius 3 is 2.81 bits per heavy atom. The first kappa shape index (κ1) is 14.2. The van der Waals surface area contributed by atoms with E-state index in [1.165, 1.54) is 12.0 Å². The first-order valence-electron chi connectivity index (χ1n) is 7.75. The highest BCUT2D eigenvalue weighted by Gasteiger charge is 2.22. The smallest absolute Gasteiger partial charge is 0.0702 e. The number of nitrogens with one attached hydrogen (secondary N) is 1. The summed E-state index contributed by atoms with van der Waals surface area (Å²) in [5.74, 6) is 0. The van der Waals surface area contributed by atoms with Gasteiger partial charge in [0.2, 0.25) is 0 Å². The highest BCUT2D eigenvalue weighted by Crippen LogP contribution is 2.20. The van der Waals surface area contributed by atoms with Crippen LogP contribution in [0.4, 0.5) is 0 Å². The van der Waals surface area contributed by atoms with Crippen LogP contribution in [-0.4, -0.2) is 22.2 Å². The van der Waals surface area contributed by atoms with Crippen LogP contribution < -0.4 is 5.32 Å². The van der Waals surface area contributed by atoms with Crippen LogP contribution in [0.15, 0.2) is 48.7 Å². The number of hydrogen-bond donors (Lipinski definition) is 2. The van der Waals surface area contributed by atoms with Crippen molar-refractivity contribution < 1.29 is 5.11 Å². The van der Waals surface area contributed by atoms with Gasteiger partial charge in [-0.3, -0.25) is 4.98 Å². The van der Waals surface area contributed by atoms with Gasteiger partial charge in [0.15, 0.2) is 0 Å². The lowest BCUT2D eigenvalue weighted by atomic mass is 9.92. The van der Waals surface area contributed by atoms with Crippen molar-refractivity contribution in [2.24, 2.45) is 0 Å². The Balaban J connectivity index is 1.66. The number of aliphatic hydroxyl groups excluding tert-OH is 1. The van der Waals surface area contributed by atoms with Crippen molar-refractivity contribution in [2.75, 3.05) is 0 Å². The monoisotopic (exact) mass is 282 g/mol. The summed E-state index contributed by atoms with van der Waals surface area (Å²) in [5.41, 5.74) is 3.37. The predicted octanol–water partition coefficient (Wildman–Crippen LogP) is 3.14. The largest absolute Gasteiger partial charge is 0.392 e. The first-order chi connectivity index (χ1) is 10.3. The standard InChI is InChI=1S/C18H22N2O/c21-18-10-2-1-9-17(18)20-13-14-6-5-7-15(12-14)16-8-3-4-11-19-16/h3-8,11-12,17-18,20-21H,1-2,9-10,13H2. The summed E-state index contributed by atoms with van der Waals surface area (Å²) >= 11 is 0. The Hall–Kier alpha value is -1.71. The van der Waals surface area contributed by atoms with E-state index in [4.69, 9.17) is 0 Å². The number of aromatic nitrogens is 1. The Bertz CT molecular complexity index is 570. The van der Waals surface area contributed by atoms with Crippen molar-refractivity contribution in [1.82, 2.24) is 10.3 Å². The maximum atomic E-state index is 10.0. The molecule has 0 amide bonds. The van der Waals surface area contributed by atoms with Gasteiger partial charge < -0.3 is 10.4 Å². The molecule has 0 spiro atoms. The molecule has 1 aromatic carbocycles. The van der Waals surface area contributed by atoms with E-state index >= 15 is 0 Å². The third kappa shape index (κ3) is 3.69. The van der Waals surface area contributed by atoms with E-state index in [0.717, 1.165) is 37.1 Å². The lowest BCUT2D eigenvalue weighted by Gasteiger charge is -2.28. The molecule has 1 saturated carbocycles. The molecule has 1 aromatic heterocycles. The fraction of sp³-hybridized carbons (Fsp3) is 0.389. The second kappa shape index (κ2) is 6.83. The summed E-state index contributed by atoms with van der Waals surface area (Å²) in [6.07, 6.45) is 5.97. The summed E-state index contributed by atoms with van der Waals surface area (Å²) in [5, 5.41) is 13.5. The summed E-state index contributed by atoms with van der Waals surface area (Å²) in [6, 6.07) is 14.6. The zero-order valence-corrected chi connectivity index (χ0v) is 12.2. The van der Waals surface area contributed by atoms with Crippen molar-refractivity contribution in [3.8, 4) is 11.3 Å². The molecular weight excluding hydrogens is 260 g/mol. The highest BCUT2D eigenvalue weighted by atomic mass is 16.3. The van der Waals surface area contributed by atoms with Crippen LogP contribution in [0.5, 0.6) is 0 Å². The average molecular weight is 282 g/mol. The number of rotatable bonds is 4. The number of benzene rings is 1. The topological polar surface area (TPSA) is 45.1 Å². The van der Waals surface area contributed by atoms with E-state index in [1.807, 2.05) is 24.4 Å². The van der Waals surface area contributed by atoms with Crippen LogP contribution in [0.2, 0.25) is 0 Å². The zero-order valence-electron chi connectivity index (χ0n) is 12.2. The van der Waals surface area contributed by atoms with E-state index < -0.39 is 0 Å². The molecule has 0 bridgehead atoms.